The number of rotatable bonds is 4. The van der Waals surface area contributed by atoms with Crippen molar-refractivity contribution in [2.24, 2.45) is 5.41 Å². The second kappa shape index (κ2) is 6.61. The molecule has 0 spiro atoms. The molecule has 0 aromatic carbocycles. The number of hydrogen-bond acceptors (Lipinski definition) is 3. The molecule has 21 heavy (non-hydrogen) atoms. The van der Waals surface area contributed by atoms with Crippen molar-refractivity contribution in [3.63, 3.8) is 0 Å². The van der Waals surface area contributed by atoms with Gasteiger partial charge in [0.1, 0.15) is 0 Å². The monoisotopic (exact) mass is 290 g/mol. The van der Waals surface area contributed by atoms with Crippen molar-refractivity contribution in [3.05, 3.63) is 34.9 Å². The van der Waals surface area contributed by atoms with E-state index < -0.39 is 17.7 Å². The van der Waals surface area contributed by atoms with Gasteiger partial charge in [0.25, 0.3) is 0 Å². The van der Waals surface area contributed by atoms with Crippen LogP contribution in [-0.2, 0) is 9.53 Å². The lowest BCUT2D eigenvalue weighted by atomic mass is 9.96. The molecule has 3 heteroatoms. The molecule has 0 aliphatic heterocycles. The maximum Gasteiger partial charge on any atom is 0.340 e. The predicted octanol–water partition coefficient (Wildman–Crippen LogP) is 4.04. The molecule has 0 heterocycles. The van der Waals surface area contributed by atoms with E-state index in [1.807, 2.05) is 26.8 Å². The molecule has 116 valence electrons. The van der Waals surface area contributed by atoms with Crippen LogP contribution < -0.4 is 0 Å². The molecule has 0 saturated heterocycles. The van der Waals surface area contributed by atoms with Crippen LogP contribution in [0, 0.1) is 5.41 Å². The van der Waals surface area contributed by atoms with Gasteiger partial charge < -0.3 is 9.84 Å². The van der Waals surface area contributed by atoms with Crippen molar-refractivity contribution >= 4 is 5.97 Å². The summed E-state index contributed by atoms with van der Waals surface area (Å²) in [5, 5.41) is 10.0. The van der Waals surface area contributed by atoms with Crippen LogP contribution in [0.2, 0.25) is 0 Å². The highest BCUT2D eigenvalue weighted by molar-refractivity contribution is 5.94. The fraction of sp³-hybridized carbons (Fsp3) is 0.611. The third-order valence-electron chi connectivity index (χ3n) is 3.97. The smallest absolute Gasteiger partial charge is 0.340 e. The lowest BCUT2D eigenvalue weighted by molar-refractivity contribution is -0.181. The number of ether oxygens (including phenoxy) is 1. The first-order chi connectivity index (χ1) is 9.88. The van der Waals surface area contributed by atoms with E-state index in [2.05, 4.69) is 12.2 Å². The Balaban J connectivity index is 2.17. The molecule has 3 nitrogen and oxygen atoms in total. The third kappa shape index (κ3) is 4.31. The van der Waals surface area contributed by atoms with Gasteiger partial charge in [-0.25, -0.2) is 4.79 Å². The van der Waals surface area contributed by atoms with E-state index in [4.69, 9.17) is 4.74 Å². The van der Waals surface area contributed by atoms with Gasteiger partial charge >= 0.3 is 5.97 Å². The summed E-state index contributed by atoms with van der Waals surface area (Å²) < 4.78 is 5.28. The molecule has 1 N–H and O–H groups in total. The molecule has 2 aliphatic carbocycles. The number of carbonyl (C=O) groups is 1. The molecule has 0 saturated carbocycles. The summed E-state index contributed by atoms with van der Waals surface area (Å²) in [7, 11) is 0. The topological polar surface area (TPSA) is 46.5 Å². The zero-order valence-corrected chi connectivity index (χ0v) is 13.3. The Labute approximate surface area is 127 Å². The summed E-state index contributed by atoms with van der Waals surface area (Å²) in [6.45, 7) is 5.55. The molecular formula is C18H26O3. The minimum absolute atomic E-state index is 0.404. The van der Waals surface area contributed by atoms with Crippen LogP contribution >= 0.6 is 0 Å². The summed E-state index contributed by atoms with van der Waals surface area (Å²) >= 11 is 0. The number of allylic oxidation sites excluding steroid dienone is 4. The van der Waals surface area contributed by atoms with E-state index in [-0.39, 0.29) is 0 Å². The molecule has 0 aromatic heterocycles. The zero-order valence-electron chi connectivity index (χ0n) is 13.3. The van der Waals surface area contributed by atoms with Crippen LogP contribution in [0.4, 0.5) is 0 Å². The van der Waals surface area contributed by atoms with Crippen molar-refractivity contribution in [2.75, 3.05) is 0 Å². The van der Waals surface area contributed by atoms with Crippen LogP contribution in [0.15, 0.2) is 34.9 Å². The Hall–Kier alpha value is -1.35. The number of carbonyl (C=O) groups excluding carboxylic acids is 1. The summed E-state index contributed by atoms with van der Waals surface area (Å²) in [5.41, 5.74) is 2.43. The quantitative estimate of drug-likeness (QED) is 0.483. The molecule has 2 rings (SSSR count). The Morgan fingerprint density at radius 2 is 1.90 bits per heavy atom. The Morgan fingerprint density at radius 1 is 1.24 bits per heavy atom. The highest BCUT2D eigenvalue weighted by Crippen LogP contribution is 2.30. The molecule has 0 radical (unpaired) electrons. The number of aliphatic hydroxyl groups excluding tert-OH is 1. The van der Waals surface area contributed by atoms with E-state index in [1.54, 1.807) is 0 Å². The first-order valence-electron chi connectivity index (χ1n) is 7.87. The first kappa shape index (κ1) is 16.0. The second-order valence-corrected chi connectivity index (χ2v) is 6.97. The van der Waals surface area contributed by atoms with E-state index >= 15 is 0 Å². The molecule has 1 unspecified atom stereocenters. The maximum atomic E-state index is 12.5. The highest BCUT2D eigenvalue weighted by Gasteiger charge is 2.28. The summed E-state index contributed by atoms with van der Waals surface area (Å²) in [5.74, 6) is -0.404. The van der Waals surface area contributed by atoms with E-state index in [9.17, 15) is 9.90 Å². The number of esters is 1. The van der Waals surface area contributed by atoms with Gasteiger partial charge in [-0.3, -0.25) is 0 Å². The molecule has 2 aliphatic rings. The number of hydrogen-bond donors (Lipinski definition) is 1. The Morgan fingerprint density at radius 3 is 2.43 bits per heavy atom. The molecular weight excluding hydrogens is 264 g/mol. The lowest BCUT2D eigenvalue weighted by Crippen LogP contribution is -2.32. The second-order valence-electron chi connectivity index (χ2n) is 6.97. The van der Waals surface area contributed by atoms with Gasteiger partial charge in [0.15, 0.2) is 0 Å². The zero-order chi connectivity index (χ0) is 15.5. The van der Waals surface area contributed by atoms with Crippen LogP contribution in [-0.4, -0.2) is 17.4 Å². The molecule has 0 aromatic rings. The van der Waals surface area contributed by atoms with Crippen LogP contribution in [0.25, 0.3) is 0 Å². The van der Waals surface area contributed by atoms with Gasteiger partial charge in [0.2, 0.25) is 6.29 Å². The van der Waals surface area contributed by atoms with Crippen molar-refractivity contribution in [2.45, 2.75) is 65.6 Å². The summed E-state index contributed by atoms with van der Waals surface area (Å²) in [6, 6.07) is 0. The Bertz CT molecular complexity index is 489. The van der Waals surface area contributed by atoms with Crippen molar-refractivity contribution in [1.82, 2.24) is 0 Å². The largest absolute Gasteiger partial charge is 0.432 e. The standard InChI is InChI=1S/C18H26O3/c1-18(2,3)17(20)21-16(19)15(14-10-6-7-11-14)12-13-8-4-5-9-13/h8,10,12,17,20H,4-7,9,11H2,1-3H3. The highest BCUT2D eigenvalue weighted by atomic mass is 16.6. The van der Waals surface area contributed by atoms with Gasteiger partial charge in [-0.1, -0.05) is 38.5 Å². The Kier molecular flexibility index (Phi) is 5.04. The normalized spacial score (nSPS) is 21.0. The van der Waals surface area contributed by atoms with Crippen molar-refractivity contribution < 1.29 is 14.6 Å². The van der Waals surface area contributed by atoms with Gasteiger partial charge in [-0.15, -0.1) is 0 Å². The minimum atomic E-state index is -1.09. The minimum Gasteiger partial charge on any atom is -0.432 e. The van der Waals surface area contributed by atoms with E-state index in [0.717, 1.165) is 44.1 Å². The van der Waals surface area contributed by atoms with E-state index in [1.165, 1.54) is 5.57 Å². The van der Waals surface area contributed by atoms with Gasteiger partial charge in [0.05, 0.1) is 5.57 Å². The average Bonchev–Trinajstić information content (AvgIpc) is 3.07. The summed E-state index contributed by atoms with van der Waals surface area (Å²) in [6.07, 6.45) is 11.4. The van der Waals surface area contributed by atoms with Crippen LogP contribution in [0.3, 0.4) is 0 Å². The lowest BCUT2D eigenvalue weighted by Gasteiger charge is -2.25. The fourth-order valence-electron chi connectivity index (χ4n) is 2.55. The SMILES string of the molecule is CC(C)(C)C(O)OC(=O)C(=CC1=CCCC1)C1=CCCC1. The van der Waals surface area contributed by atoms with Gasteiger partial charge in [-0.2, -0.15) is 0 Å². The fourth-order valence-corrected chi connectivity index (χ4v) is 2.55. The molecule has 0 fully saturated rings. The van der Waals surface area contributed by atoms with Gasteiger partial charge in [-0.05, 0) is 50.2 Å². The first-order valence-corrected chi connectivity index (χ1v) is 7.87. The number of aliphatic hydroxyl groups is 1. The molecule has 1 atom stereocenters. The molecule has 0 bridgehead atoms. The van der Waals surface area contributed by atoms with Crippen molar-refractivity contribution in [3.8, 4) is 0 Å². The van der Waals surface area contributed by atoms with Crippen molar-refractivity contribution in [1.29, 1.82) is 0 Å². The maximum absolute atomic E-state index is 12.5. The van der Waals surface area contributed by atoms with Crippen LogP contribution in [0.5, 0.6) is 0 Å². The van der Waals surface area contributed by atoms with Gasteiger partial charge in [0, 0.05) is 5.41 Å². The summed E-state index contributed by atoms with van der Waals surface area (Å²) in [4.78, 5) is 12.5. The third-order valence-corrected chi connectivity index (χ3v) is 3.97. The molecule has 0 amide bonds. The predicted molar refractivity (Wildman–Crippen MR) is 83.5 cm³/mol. The van der Waals surface area contributed by atoms with E-state index in [0.29, 0.717) is 5.57 Å². The average molecular weight is 290 g/mol. The van der Waals surface area contributed by atoms with Crippen LogP contribution in [0.1, 0.15) is 59.3 Å².